The van der Waals surface area contributed by atoms with Crippen molar-refractivity contribution >= 4 is 11.6 Å². The van der Waals surface area contributed by atoms with Gasteiger partial charge in [-0.2, -0.15) is 5.10 Å². The second-order valence-electron chi connectivity index (χ2n) is 5.05. The third kappa shape index (κ3) is 3.05. The van der Waals surface area contributed by atoms with E-state index in [9.17, 15) is 4.79 Å². The van der Waals surface area contributed by atoms with Crippen molar-refractivity contribution < 1.29 is 4.79 Å². The van der Waals surface area contributed by atoms with Gasteiger partial charge in [0.1, 0.15) is 0 Å². The van der Waals surface area contributed by atoms with Gasteiger partial charge in [-0.05, 0) is 43.7 Å². The van der Waals surface area contributed by atoms with Gasteiger partial charge in [0.25, 0.3) is 0 Å². The number of nitrogens with one attached hydrogen (secondary N) is 2. The number of nitrogens with zero attached hydrogens (tertiary/aromatic N) is 2. The Morgan fingerprint density at radius 1 is 1.45 bits per heavy atom. The van der Waals surface area contributed by atoms with E-state index in [1.54, 1.807) is 10.9 Å². The minimum absolute atomic E-state index is 0.0574. The number of hydrogen-bond donors (Lipinski definition) is 2. The number of anilines is 1. The summed E-state index contributed by atoms with van der Waals surface area (Å²) >= 11 is 0. The lowest BCUT2D eigenvalue weighted by atomic mass is 10.1. The van der Waals surface area contributed by atoms with E-state index in [0.717, 1.165) is 30.8 Å². The van der Waals surface area contributed by atoms with Gasteiger partial charge in [0.15, 0.2) is 0 Å². The van der Waals surface area contributed by atoms with Crippen LogP contribution < -0.4 is 10.6 Å². The van der Waals surface area contributed by atoms with Crippen LogP contribution in [0.5, 0.6) is 0 Å². The quantitative estimate of drug-likeness (QED) is 0.892. The van der Waals surface area contributed by atoms with Crippen LogP contribution in [0.1, 0.15) is 19.3 Å². The maximum absolute atomic E-state index is 12.0. The van der Waals surface area contributed by atoms with Gasteiger partial charge in [-0.15, -0.1) is 0 Å². The Bertz CT molecular complexity index is 573. The summed E-state index contributed by atoms with van der Waals surface area (Å²) in [4.78, 5) is 12.0. The van der Waals surface area contributed by atoms with E-state index >= 15 is 0 Å². The molecule has 1 aromatic carbocycles. The van der Waals surface area contributed by atoms with Crippen molar-refractivity contribution in [3.05, 3.63) is 42.7 Å². The highest BCUT2D eigenvalue weighted by Gasteiger charge is 2.17. The van der Waals surface area contributed by atoms with Crippen molar-refractivity contribution in [2.45, 2.75) is 25.3 Å². The summed E-state index contributed by atoms with van der Waals surface area (Å²) in [6.45, 7) is 1.02. The lowest BCUT2D eigenvalue weighted by Gasteiger charge is -2.11. The molecular weight excluding hydrogens is 252 g/mol. The van der Waals surface area contributed by atoms with Crippen LogP contribution in [0.2, 0.25) is 0 Å². The highest BCUT2D eigenvalue weighted by Crippen LogP contribution is 2.15. The first-order chi connectivity index (χ1) is 9.81. The second-order valence-corrected chi connectivity index (χ2v) is 5.05. The number of hydrogen-bond acceptors (Lipinski definition) is 3. The van der Waals surface area contributed by atoms with Crippen LogP contribution >= 0.6 is 0 Å². The molecule has 1 atom stereocenters. The Morgan fingerprint density at radius 3 is 3.15 bits per heavy atom. The van der Waals surface area contributed by atoms with Crippen LogP contribution in [-0.2, 0) is 4.79 Å². The smallest absolute Gasteiger partial charge is 0.225 e. The molecule has 2 aromatic rings. The molecule has 1 aliphatic rings. The number of rotatable bonds is 4. The molecular formula is C15H18N4O. The molecule has 1 aliphatic heterocycles. The Kier molecular flexibility index (Phi) is 3.78. The molecule has 1 unspecified atom stereocenters. The summed E-state index contributed by atoms with van der Waals surface area (Å²) in [6.07, 6.45) is 6.39. The predicted molar refractivity (Wildman–Crippen MR) is 77.8 cm³/mol. The minimum atomic E-state index is 0.0574. The van der Waals surface area contributed by atoms with Gasteiger partial charge in [0.2, 0.25) is 5.91 Å². The number of amides is 1. The Labute approximate surface area is 118 Å². The highest BCUT2D eigenvalue weighted by atomic mass is 16.1. The molecule has 2 heterocycles. The van der Waals surface area contributed by atoms with Crippen molar-refractivity contribution in [3.8, 4) is 5.69 Å². The molecule has 20 heavy (non-hydrogen) atoms. The van der Waals surface area contributed by atoms with Gasteiger partial charge < -0.3 is 10.6 Å². The zero-order valence-electron chi connectivity index (χ0n) is 11.2. The summed E-state index contributed by atoms with van der Waals surface area (Å²) in [6, 6.07) is 9.89. The van der Waals surface area contributed by atoms with Gasteiger partial charge in [0.05, 0.1) is 5.69 Å². The topological polar surface area (TPSA) is 59.0 Å². The Balaban J connectivity index is 1.65. The average molecular weight is 270 g/mol. The fourth-order valence-electron chi connectivity index (χ4n) is 2.51. The second kappa shape index (κ2) is 5.88. The molecule has 5 heteroatoms. The van der Waals surface area contributed by atoms with E-state index in [4.69, 9.17) is 0 Å². The van der Waals surface area contributed by atoms with Crippen molar-refractivity contribution in [1.29, 1.82) is 0 Å². The van der Waals surface area contributed by atoms with Crippen LogP contribution in [0.15, 0.2) is 42.7 Å². The van der Waals surface area contributed by atoms with Gasteiger partial charge in [-0.1, -0.05) is 6.07 Å². The van der Waals surface area contributed by atoms with Crippen molar-refractivity contribution in [1.82, 2.24) is 15.1 Å². The largest absolute Gasteiger partial charge is 0.326 e. The van der Waals surface area contributed by atoms with E-state index in [-0.39, 0.29) is 5.91 Å². The number of benzene rings is 1. The first kappa shape index (κ1) is 12.9. The van der Waals surface area contributed by atoms with Crippen molar-refractivity contribution in [3.63, 3.8) is 0 Å². The highest BCUT2D eigenvalue weighted by molar-refractivity contribution is 5.91. The van der Waals surface area contributed by atoms with Crippen LogP contribution in [0.25, 0.3) is 5.69 Å². The fraction of sp³-hybridized carbons (Fsp3) is 0.333. The summed E-state index contributed by atoms with van der Waals surface area (Å²) < 4.78 is 1.77. The molecule has 0 aliphatic carbocycles. The standard InChI is InChI=1S/C15H18N4O/c20-15(11-12-5-2-7-16-12)18-13-4-1-6-14(10-13)19-9-3-8-17-19/h1,3-4,6,8-10,12,16H,2,5,7,11H2,(H,18,20). The van der Waals surface area contributed by atoms with Gasteiger partial charge in [0, 0.05) is 30.5 Å². The predicted octanol–water partition coefficient (Wildman–Crippen LogP) is 1.95. The molecule has 0 bridgehead atoms. The molecule has 0 radical (unpaired) electrons. The fourth-order valence-corrected chi connectivity index (χ4v) is 2.51. The van der Waals surface area contributed by atoms with E-state index < -0.39 is 0 Å². The first-order valence-corrected chi connectivity index (χ1v) is 6.94. The monoisotopic (exact) mass is 270 g/mol. The van der Waals surface area contributed by atoms with Crippen LogP contribution in [-0.4, -0.2) is 28.3 Å². The molecule has 0 saturated carbocycles. The summed E-state index contributed by atoms with van der Waals surface area (Å²) in [5.74, 6) is 0.0574. The molecule has 5 nitrogen and oxygen atoms in total. The molecule has 1 aromatic heterocycles. The normalized spacial score (nSPS) is 18.1. The van der Waals surface area contributed by atoms with Crippen LogP contribution in [0, 0.1) is 0 Å². The number of carbonyl (C=O) groups excluding carboxylic acids is 1. The SMILES string of the molecule is O=C(CC1CCCN1)Nc1cccc(-n2cccn2)c1. The molecule has 1 fully saturated rings. The molecule has 3 rings (SSSR count). The van der Waals surface area contributed by atoms with E-state index in [0.29, 0.717) is 12.5 Å². The van der Waals surface area contributed by atoms with Crippen molar-refractivity contribution in [2.75, 3.05) is 11.9 Å². The van der Waals surface area contributed by atoms with Gasteiger partial charge in [-0.3, -0.25) is 4.79 Å². The van der Waals surface area contributed by atoms with E-state index in [1.165, 1.54) is 0 Å². The van der Waals surface area contributed by atoms with Crippen LogP contribution in [0.3, 0.4) is 0 Å². The summed E-state index contributed by atoms with van der Waals surface area (Å²) in [5.41, 5.74) is 1.74. The van der Waals surface area contributed by atoms with Gasteiger partial charge >= 0.3 is 0 Å². The molecule has 0 spiro atoms. The maximum atomic E-state index is 12.0. The van der Waals surface area contributed by atoms with E-state index in [1.807, 2.05) is 36.5 Å². The zero-order chi connectivity index (χ0) is 13.8. The third-order valence-electron chi connectivity index (χ3n) is 3.49. The number of aromatic nitrogens is 2. The lowest BCUT2D eigenvalue weighted by Crippen LogP contribution is -2.27. The first-order valence-electron chi connectivity index (χ1n) is 6.94. The summed E-state index contributed by atoms with van der Waals surface area (Å²) in [5, 5.41) is 10.5. The average Bonchev–Trinajstić information content (AvgIpc) is 3.11. The van der Waals surface area contributed by atoms with Gasteiger partial charge in [-0.25, -0.2) is 4.68 Å². The number of carbonyl (C=O) groups is 1. The molecule has 2 N–H and O–H groups in total. The minimum Gasteiger partial charge on any atom is -0.326 e. The molecule has 1 amide bonds. The van der Waals surface area contributed by atoms with E-state index in [2.05, 4.69) is 15.7 Å². The van der Waals surface area contributed by atoms with Crippen molar-refractivity contribution in [2.24, 2.45) is 0 Å². The van der Waals surface area contributed by atoms with Crippen LogP contribution in [0.4, 0.5) is 5.69 Å². The lowest BCUT2D eigenvalue weighted by molar-refractivity contribution is -0.116. The Hall–Kier alpha value is -2.14. The maximum Gasteiger partial charge on any atom is 0.225 e. The zero-order valence-corrected chi connectivity index (χ0v) is 11.2. The molecule has 1 saturated heterocycles. The summed E-state index contributed by atoms with van der Waals surface area (Å²) in [7, 11) is 0. The third-order valence-corrected chi connectivity index (χ3v) is 3.49. The Morgan fingerprint density at radius 2 is 2.40 bits per heavy atom. The molecule has 104 valence electrons.